The number of H-pyrrole nitrogens is 1. The molecule has 3 N–H and O–H groups in total. The Morgan fingerprint density at radius 3 is 3.05 bits per heavy atom. The average Bonchev–Trinajstić information content (AvgIpc) is 3.01. The monoisotopic (exact) mass is 283 g/mol. The SMILES string of the molecule is O=C(NCCNc1ncnc2nc[nH]c12)c1cccnc1. The van der Waals surface area contributed by atoms with Crippen LogP contribution >= 0.6 is 0 Å². The van der Waals surface area contributed by atoms with Crippen LogP contribution in [0.15, 0.2) is 37.2 Å². The van der Waals surface area contributed by atoms with E-state index >= 15 is 0 Å². The quantitative estimate of drug-likeness (QED) is 0.591. The molecule has 106 valence electrons. The molecule has 1 amide bonds. The Balaban J connectivity index is 1.53. The van der Waals surface area contributed by atoms with Crippen LogP contribution in [0.25, 0.3) is 11.2 Å². The number of anilines is 1. The van der Waals surface area contributed by atoms with E-state index in [9.17, 15) is 4.79 Å². The maximum atomic E-state index is 11.8. The van der Waals surface area contributed by atoms with Crippen LogP contribution in [-0.4, -0.2) is 43.9 Å². The zero-order chi connectivity index (χ0) is 14.5. The normalized spacial score (nSPS) is 10.5. The van der Waals surface area contributed by atoms with Crippen molar-refractivity contribution >= 4 is 22.9 Å². The number of amides is 1. The van der Waals surface area contributed by atoms with Gasteiger partial charge in [0.2, 0.25) is 0 Å². The molecular weight excluding hydrogens is 270 g/mol. The molecule has 8 heteroatoms. The number of hydrogen-bond acceptors (Lipinski definition) is 6. The Morgan fingerprint density at radius 1 is 1.24 bits per heavy atom. The molecule has 3 rings (SSSR count). The van der Waals surface area contributed by atoms with Gasteiger partial charge in [-0.25, -0.2) is 15.0 Å². The van der Waals surface area contributed by atoms with Crippen molar-refractivity contribution in [3.05, 3.63) is 42.7 Å². The molecule has 0 aliphatic carbocycles. The molecule has 0 saturated heterocycles. The van der Waals surface area contributed by atoms with Crippen molar-refractivity contribution in [2.24, 2.45) is 0 Å². The predicted molar refractivity (Wildman–Crippen MR) is 76.7 cm³/mol. The summed E-state index contributed by atoms with van der Waals surface area (Å²) in [5, 5.41) is 5.93. The lowest BCUT2D eigenvalue weighted by Crippen LogP contribution is -2.29. The van der Waals surface area contributed by atoms with Gasteiger partial charge in [0.05, 0.1) is 11.9 Å². The number of nitrogens with one attached hydrogen (secondary N) is 3. The lowest BCUT2D eigenvalue weighted by molar-refractivity contribution is 0.0955. The van der Waals surface area contributed by atoms with Gasteiger partial charge in [-0.1, -0.05) is 0 Å². The molecule has 0 aliphatic rings. The highest BCUT2D eigenvalue weighted by Crippen LogP contribution is 2.13. The number of fused-ring (bicyclic) bond motifs is 1. The topological polar surface area (TPSA) is 108 Å². The van der Waals surface area contributed by atoms with E-state index in [1.807, 2.05) is 0 Å². The molecule has 3 aromatic rings. The second-order valence-electron chi connectivity index (χ2n) is 4.25. The average molecular weight is 283 g/mol. The van der Waals surface area contributed by atoms with Crippen LogP contribution in [0.5, 0.6) is 0 Å². The third-order valence-corrected chi connectivity index (χ3v) is 2.85. The van der Waals surface area contributed by atoms with Gasteiger partial charge in [0.25, 0.3) is 5.91 Å². The van der Waals surface area contributed by atoms with Crippen molar-refractivity contribution < 1.29 is 4.79 Å². The number of carbonyl (C=O) groups is 1. The van der Waals surface area contributed by atoms with Crippen LogP contribution in [0.4, 0.5) is 5.82 Å². The zero-order valence-corrected chi connectivity index (χ0v) is 11.1. The standard InChI is InChI=1S/C13H13N7O/c21-13(9-2-1-3-14-6-9)16-5-4-15-11-10-12(18-7-17-10)20-8-19-11/h1-3,6-8H,4-5H2,(H,16,21)(H2,15,17,18,19,20). The minimum atomic E-state index is -0.153. The van der Waals surface area contributed by atoms with Gasteiger partial charge in [-0.2, -0.15) is 0 Å². The van der Waals surface area contributed by atoms with Gasteiger partial charge < -0.3 is 15.6 Å². The van der Waals surface area contributed by atoms with Gasteiger partial charge in [-0.3, -0.25) is 9.78 Å². The Morgan fingerprint density at radius 2 is 2.19 bits per heavy atom. The molecule has 0 radical (unpaired) electrons. The van der Waals surface area contributed by atoms with E-state index in [2.05, 4.69) is 35.6 Å². The number of rotatable bonds is 5. The number of imidazole rings is 1. The first kappa shape index (κ1) is 13.0. The van der Waals surface area contributed by atoms with E-state index in [-0.39, 0.29) is 5.91 Å². The van der Waals surface area contributed by atoms with Crippen molar-refractivity contribution in [2.45, 2.75) is 0 Å². The molecule has 0 spiro atoms. The highest BCUT2D eigenvalue weighted by Gasteiger charge is 2.06. The summed E-state index contributed by atoms with van der Waals surface area (Å²) < 4.78 is 0. The van der Waals surface area contributed by atoms with Gasteiger partial charge in [0.1, 0.15) is 11.8 Å². The molecule has 0 bridgehead atoms. The number of carbonyl (C=O) groups excluding carboxylic acids is 1. The van der Waals surface area contributed by atoms with Crippen LogP contribution in [0, 0.1) is 0 Å². The highest BCUT2D eigenvalue weighted by atomic mass is 16.1. The van der Waals surface area contributed by atoms with Crippen LogP contribution in [0.2, 0.25) is 0 Å². The summed E-state index contributed by atoms with van der Waals surface area (Å²) in [5.41, 5.74) is 1.89. The Bertz CT molecular complexity index is 740. The Kier molecular flexibility index (Phi) is 3.68. The summed E-state index contributed by atoms with van der Waals surface area (Å²) in [6.45, 7) is 1.00. The van der Waals surface area contributed by atoms with Crippen molar-refractivity contribution in [3.8, 4) is 0 Å². The molecule has 21 heavy (non-hydrogen) atoms. The van der Waals surface area contributed by atoms with E-state index in [1.54, 1.807) is 24.7 Å². The fraction of sp³-hybridized carbons (Fsp3) is 0.154. The number of nitrogens with zero attached hydrogens (tertiary/aromatic N) is 4. The molecule has 0 saturated carbocycles. The second-order valence-corrected chi connectivity index (χ2v) is 4.25. The summed E-state index contributed by atoms with van der Waals surface area (Å²) in [7, 11) is 0. The van der Waals surface area contributed by atoms with E-state index in [0.717, 1.165) is 5.52 Å². The van der Waals surface area contributed by atoms with Crippen molar-refractivity contribution in [2.75, 3.05) is 18.4 Å². The summed E-state index contributed by atoms with van der Waals surface area (Å²) in [6, 6.07) is 3.44. The summed E-state index contributed by atoms with van der Waals surface area (Å²) >= 11 is 0. The molecule has 3 aromatic heterocycles. The minimum Gasteiger partial charge on any atom is -0.366 e. The maximum Gasteiger partial charge on any atom is 0.252 e. The van der Waals surface area contributed by atoms with Gasteiger partial charge in [-0.15, -0.1) is 0 Å². The highest BCUT2D eigenvalue weighted by molar-refractivity contribution is 5.93. The minimum absolute atomic E-state index is 0.153. The molecule has 0 aromatic carbocycles. The lowest BCUT2D eigenvalue weighted by Gasteiger charge is -2.07. The summed E-state index contributed by atoms with van der Waals surface area (Å²) in [6.07, 6.45) is 6.17. The fourth-order valence-corrected chi connectivity index (χ4v) is 1.86. The van der Waals surface area contributed by atoms with Gasteiger partial charge >= 0.3 is 0 Å². The Labute approximate surface area is 120 Å². The van der Waals surface area contributed by atoms with Gasteiger partial charge in [0, 0.05) is 25.5 Å². The third kappa shape index (κ3) is 2.94. The van der Waals surface area contributed by atoms with Crippen molar-refractivity contribution in [3.63, 3.8) is 0 Å². The van der Waals surface area contributed by atoms with Gasteiger partial charge in [0.15, 0.2) is 11.5 Å². The van der Waals surface area contributed by atoms with E-state index in [4.69, 9.17) is 0 Å². The number of aromatic nitrogens is 5. The van der Waals surface area contributed by atoms with E-state index in [1.165, 1.54) is 12.5 Å². The van der Waals surface area contributed by atoms with E-state index in [0.29, 0.717) is 30.1 Å². The van der Waals surface area contributed by atoms with Gasteiger partial charge in [-0.05, 0) is 12.1 Å². The maximum absolute atomic E-state index is 11.8. The van der Waals surface area contributed by atoms with Crippen LogP contribution in [0.3, 0.4) is 0 Å². The smallest absolute Gasteiger partial charge is 0.252 e. The summed E-state index contributed by atoms with van der Waals surface area (Å²) in [4.78, 5) is 30.9. The second kappa shape index (κ2) is 5.95. The molecule has 3 heterocycles. The first-order valence-corrected chi connectivity index (χ1v) is 6.41. The molecule has 0 aliphatic heterocycles. The zero-order valence-electron chi connectivity index (χ0n) is 11.1. The number of aromatic amines is 1. The van der Waals surface area contributed by atoms with Crippen molar-refractivity contribution in [1.82, 2.24) is 30.2 Å². The summed E-state index contributed by atoms with van der Waals surface area (Å²) in [5.74, 6) is 0.507. The Hall–Kier alpha value is -3.03. The van der Waals surface area contributed by atoms with Crippen LogP contribution in [-0.2, 0) is 0 Å². The predicted octanol–water partition coefficient (Wildman–Crippen LogP) is 0.590. The molecular formula is C13H13N7O. The molecule has 0 unspecified atom stereocenters. The lowest BCUT2D eigenvalue weighted by atomic mass is 10.3. The van der Waals surface area contributed by atoms with Crippen LogP contribution in [0.1, 0.15) is 10.4 Å². The molecule has 8 nitrogen and oxygen atoms in total. The molecule has 0 fully saturated rings. The third-order valence-electron chi connectivity index (χ3n) is 2.85. The first-order valence-electron chi connectivity index (χ1n) is 6.41. The number of hydrogen-bond donors (Lipinski definition) is 3. The first-order chi connectivity index (χ1) is 10.3. The number of pyridine rings is 1. The fourth-order valence-electron chi connectivity index (χ4n) is 1.86. The van der Waals surface area contributed by atoms with E-state index < -0.39 is 0 Å². The van der Waals surface area contributed by atoms with Crippen LogP contribution < -0.4 is 10.6 Å². The molecule has 0 atom stereocenters. The van der Waals surface area contributed by atoms with Crippen molar-refractivity contribution in [1.29, 1.82) is 0 Å². The largest absolute Gasteiger partial charge is 0.366 e.